The van der Waals surface area contributed by atoms with Crippen molar-refractivity contribution in [1.82, 2.24) is 4.72 Å². The summed E-state index contributed by atoms with van der Waals surface area (Å²) in [5.41, 5.74) is 3.19. The maximum Gasteiger partial charge on any atom is 0.264 e. The van der Waals surface area contributed by atoms with Gasteiger partial charge in [-0.1, -0.05) is 29.8 Å². The Balaban J connectivity index is 1.38. The number of hydrogen-bond donors (Lipinski definition) is 1. The zero-order chi connectivity index (χ0) is 31.8. The minimum Gasteiger partial charge on any atom is -0.490 e. The second-order valence-corrected chi connectivity index (χ2v) is 17.6. The molecule has 4 aliphatic rings. The number of nitrogens with zero attached hydrogens (tertiary/aromatic N) is 1. The minimum absolute atomic E-state index is 0.0573. The summed E-state index contributed by atoms with van der Waals surface area (Å²) in [7, 11) is -7.03. The molecule has 0 unspecified atom stereocenters. The quantitative estimate of drug-likeness (QED) is 0.464. The molecule has 2 aliphatic carbocycles. The number of rotatable bonds is 4. The molecule has 244 valence electrons. The Morgan fingerprint density at radius 2 is 2.00 bits per heavy atom. The zero-order valence-electron chi connectivity index (χ0n) is 25.5. The second-order valence-electron chi connectivity index (χ2n) is 13.1. The van der Waals surface area contributed by atoms with Gasteiger partial charge in [0, 0.05) is 35.3 Å². The molecule has 6 rings (SSSR count). The molecule has 0 saturated heterocycles. The van der Waals surface area contributed by atoms with E-state index in [9.17, 15) is 21.6 Å². The fourth-order valence-corrected chi connectivity index (χ4v) is 8.97. The Morgan fingerprint density at radius 1 is 1.16 bits per heavy atom. The molecule has 2 aromatic carbocycles. The molecule has 12 heteroatoms. The Morgan fingerprint density at radius 3 is 2.78 bits per heavy atom. The summed E-state index contributed by atoms with van der Waals surface area (Å²) in [5, 5.41) is 0.714. The van der Waals surface area contributed by atoms with Gasteiger partial charge < -0.3 is 14.4 Å². The molecule has 2 aromatic rings. The van der Waals surface area contributed by atoms with Crippen molar-refractivity contribution in [2.75, 3.05) is 49.0 Å². The van der Waals surface area contributed by atoms with Crippen molar-refractivity contribution in [3.63, 3.8) is 0 Å². The van der Waals surface area contributed by atoms with Crippen LogP contribution in [0, 0.1) is 11.8 Å². The van der Waals surface area contributed by atoms with E-state index in [2.05, 4.69) is 21.8 Å². The Hall–Kier alpha value is -2.60. The summed E-state index contributed by atoms with van der Waals surface area (Å²) < 4.78 is 64.2. The van der Waals surface area contributed by atoms with Gasteiger partial charge >= 0.3 is 0 Å². The Bertz CT molecular complexity index is 1690. The molecule has 0 radical (unpaired) electrons. The molecule has 1 saturated carbocycles. The predicted molar refractivity (Wildman–Crippen MR) is 176 cm³/mol. The summed E-state index contributed by atoms with van der Waals surface area (Å²) in [6.45, 7) is 1.92. The maximum absolute atomic E-state index is 13.2. The van der Waals surface area contributed by atoms with E-state index in [4.69, 9.17) is 21.1 Å². The first kappa shape index (κ1) is 32.3. The predicted octanol–water partition coefficient (Wildman–Crippen LogP) is 4.68. The average Bonchev–Trinajstić information content (AvgIpc) is 3.10. The lowest BCUT2D eigenvalue weighted by atomic mass is 9.68. The van der Waals surface area contributed by atoms with Gasteiger partial charge in [-0.25, -0.2) is 21.6 Å². The summed E-state index contributed by atoms with van der Waals surface area (Å²) in [6, 6.07) is 11.3. The fraction of sp³-hybridized carbons (Fsp3) is 0.545. The van der Waals surface area contributed by atoms with Crippen LogP contribution in [0.1, 0.15) is 60.0 Å². The van der Waals surface area contributed by atoms with Gasteiger partial charge in [0.15, 0.2) is 0 Å². The topological polar surface area (TPSA) is 119 Å². The molecule has 1 spiro atoms. The lowest BCUT2D eigenvalue weighted by Crippen LogP contribution is -2.49. The molecule has 2 bridgehead atoms. The van der Waals surface area contributed by atoms with Crippen molar-refractivity contribution < 1.29 is 31.1 Å². The average molecular weight is 677 g/mol. The van der Waals surface area contributed by atoms with Crippen molar-refractivity contribution in [3.8, 4) is 5.75 Å². The Kier molecular flexibility index (Phi) is 9.27. The first-order chi connectivity index (χ1) is 21.4. The van der Waals surface area contributed by atoms with Gasteiger partial charge in [0.25, 0.3) is 5.91 Å². The third-order valence-corrected chi connectivity index (χ3v) is 12.2. The maximum atomic E-state index is 13.2. The van der Waals surface area contributed by atoms with E-state index in [1.54, 1.807) is 18.2 Å². The normalized spacial score (nSPS) is 28.9. The monoisotopic (exact) mass is 676 g/mol. The van der Waals surface area contributed by atoms with Crippen molar-refractivity contribution in [2.45, 2.75) is 56.5 Å². The van der Waals surface area contributed by atoms with Crippen molar-refractivity contribution in [1.29, 1.82) is 0 Å². The number of nitrogens with one attached hydrogen (secondary N) is 1. The summed E-state index contributed by atoms with van der Waals surface area (Å²) >= 11 is 6.40. The van der Waals surface area contributed by atoms with E-state index >= 15 is 0 Å². The number of anilines is 1. The largest absolute Gasteiger partial charge is 0.490 e. The van der Waals surface area contributed by atoms with E-state index in [1.165, 1.54) is 17.4 Å². The van der Waals surface area contributed by atoms with E-state index in [1.807, 2.05) is 18.2 Å². The number of hydrogen-bond acceptors (Lipinski definition) is 8. The molecule has 1 fully saturated rings. The SMILES string of the molecule is CS(=O)(=O)CCO[C@@H]1/C=C\CCCS(=O)(=O)NC(=O)c2ccc3c(c2)N(C[C@@H]2CC[C@H]21)C[C@@]1(CCCc2cc(Cl)ccc21)CO3. The third-order valence-electron chi connectivity index (χ3n) is 9.77. The van der Waals surface area contributed by atoms with E-state index in [-0.39, 0.29) is 47.0 Å². The van der Waals surface area contributed by atoms with Crippen LogP contribution in [0.5, 0.6) is 5.75 Å². The van der Waals surface area contributed by atoms with E-state index < -0.39 is 25.8 Å². The molecule has 45 heavy (non-hydrogen) atoms. The van der Waals surface area contributed by atoms with Gasteiger partial charge in [-0.15, -0.1) is 0 Å². The molecule has 1 N–H and O–H groups in total. The summed E-state index contributed by atoms with van der Waals surface area (Å²) in [5.74, 6) is 0.187. The molecule has 4 atom stereocenters. The highest BCUT2D eigenvalue weighted by atomic mass is 35.5. The van der Waals surface area contributed by atoms with Gasteiger partial charge in [0.2, 0.25) is 10.0 Å². The van der Waals surface area contributed by atoms with Crippen LogP contribution in [-0.4, -0.2) is 72.9 Å². The standard InChI is InChI=1S/C33H41ClN2O7S2/c1-44(38,39)17-15-42-30-7-3-2-4-16-45(40,41)35-32(37)24-9-13-31-29(19-24)36(20-25-8-11-27(25)30)21-33(22-43-31)14-5-6-23-18-26(34)10-12-28(23)33/h3,7,9-10,12-13,18-19,25,27,30H,2,4-6,8,11,14-17,20-22H2,1H3,(H,35,37)/b7-3-/t25-,27+,30+,33-/m0/s1. The number of halogens is 1. The highest BCUT2D eigenvalue weighted by Gasteiger charge is 2.44. The van der Waals surface area contributed by atoms with E-state index in [0.29, 0.717) is 43.3 Å². The van der Waals surface area contributed by atoms with Crippen LogP contribution in [0.25, 0.3) is 0 Å². The number of amides is 1. The third kappa shape index (κ3) is 7.37. The molecule has 1 amide bonds. The number of allylic oxidation sites excluding steroid dienone is 1. The lowest BCUT2D eigenvalue weighted by Gasteiger charge is -2.46. The summed E-state index contributed by atoms with van der Waals surface area (Å²) in [4.78, 5) is 15.5. The molecule has 2 heterocycles. The van der Waals surface area contributed by atoms with Crippen LogP contribution in [0.4, 0.5) is 5.69 Å². The van der Waals surface area contributed by atoms with E-state index in [0.717, 1.165) is 37.8 Å². The number of aryl methyl sites for hydroxylation is 1. The number of benzene rings is 2. The van der Waals surface area contributed by atoms with Gasteiger partial charge in [0.05, 0.1) is 36.5 Å². The van der Waals surface area contributed by atoms with Crippen LogP contribution >= 0.6 is 11.6 Å². The zero-order valence-corrected chi connectivity index (χ0v) is 27.9. The highest BCUT2D eigenvalue weighted by Crippen LogP contribution is 2.47. The second kappa shape index (κ2) is 12.9. The number of carbonyl (C=O) groups excluding carboxylic acids is 1. The van der Waals surface area contributed by atoms with Crippen LogP contribution in [0.2, 0.25) is 5.02 Å². The summed E-state index contributed by atoms with van der Waals surface area (Å²) in [6.07, 6.45) is 10.5. The van der Waals surface area contributed by atoms with Gasteiger partial charge in [-0.05, 0) is 98.2 Å². The van der Waals surface area contributed by atoms with Gasteiger partial charge in [-0.2, -0.15) is 0 Å². The number of sulfonamides is 1. The van der Waals surface area contributed by atoms with Crippen molar-refractivity contribution >= 4 is 43.1 Å². The first-order valence-corrected chi connectivity index (χ1v) is 19.8. The van der Waals surface area contributed by atoms with Crippen molar-refractivity contribution in [2.24, 2.45) is 11.8 Å². The van der Waals surface area contributed by atoms with Crippen LogP contribution in [0.3, 0.4) is 0 Å². The van der Waals surface area contributed by atoms with Crippen LogP contribution < -0.4 is 14.4 Å². The van der Waals surface area contributed by atoms with Crippen LogP contribution in [0.15, 0.2) is 48.6 Å². The number of carbonyl (C=O) groups is 1. The molecular formula is C33H41ClN2O7S2. The fourth-order valence-electron chi connectivity index (χ4n) is 7.32. The first-order valence-electron chi connectivity index (χ1n) is 15.7. The number of ether oxygens (including phenoxy) is 2. The minimum atomic E-state index is -3.85. The Labute approximate surface area is 271 Å². The van der Waals surface area contributed by atoms with Crippen LogP contribution in [-0.2, 0) is 36.4 Å². The van der Waals surface area contributed by atoms with Gasteiger partial charge in [0.1, 0.15) is 15.6 Å². The molecule has 9 nitrogen and oxygen atoms in total. The smallest absolute Gasteiger partial charge is 0.264 e. The van der Waals surface area contributed by atoms with Gasteiger partial charge in [-0.3, -0.25) is 4.79 Å². The van der Waals surface area contributed by atoms with Crippen molar-refractivity contribution in [3.05, 3.63) is 70.3 Å². The highest BCUT2D eigenvalue weighted by molar-refractivity contribution is 7.90. The molecule has 0 aromatic heterocycles. The molecule has 2 aliphatic heterocycles. The number of fused-ring (bicyclic) bond motifs is 4. The number of sulfone groups is 1. The lowest BCUT2D eigenvalue weighted by molar-refractivity contribution is -0.00783. The molecular weight excluding hydrogens is 636 g/mol.